The summed E-state index contributed by atoms with van der Waals surface area (Å²) < 4.78 is 61.0. The van der Waals surface area contributed by atoms with E-state index in [1.165, 1.54) is 23.2 Å². The van der Waals surface area contributed by atoms with Gasteiger partial charge in [0.15, 0.2) is 0 Å². The number of nitrogens with zero attached hydrogens (tertiary/aromatic N) is 3. The number of aromatic nitrogens is 2. The van der Waals surface area contributed by atoms with E-state index in [-0.39, 0.29) is 0 Å². The van der Waals surface area contributed by atoms with Crippen LogP contribution in [0.3, 0.4) is 0 Å². The molecule has 0 spiro atoms. The second-order valence-corrected chi connectivity index (χ2v) is 7.77. The van der Waals surface area contributed by atoms with E-state index in [9.17, 15) is 21.6 Å². The number of halogens is 3. The van der Waals surface area contributed by atoms with Gasteiger partial charge in [-0.05, 0) is 37.6 Å². The third-order valence-electron chi connectivity index (χ3n) is 3.69. The SMILES string of the molecule is CCCc1cc(N=CC(=C(C)N)c2ccc(NS(=O)(=O)C(F)(F)F)nc2)ccn1. The van der Waals surface area contributed by atoms with Crippen LogP contribution in [0.2, 0.25) is 0 Å². The molecule has 0 radical (unpaired) electrons. The van der Waals surface area contributed by atoms with Gasteiger partial charge in [-0.15, -0.1) is 0 Å². The Kier molecular flexibility index (Phi) is 6.96. The molecule has 2 aromatic rings. The fraction of sp³-hybridized carbons (Fsp3) is 0.278. The van der Waals surface area contributed by atoms with Crippen LogP contribution in [0.15, 0.2) is 47.3 Å². The van der Waals surface area contributed by atoms with Gasteiger partial charge in [-0.2, -0.15) is 21.6 Å². The number of aliphatic imine (C=N–C) groups is 1. The summed E-state index contributed by atoms with van der Waals surface area (Å²) in [7, 11) is -5.54. The molecule has 0 atom stereocenters. The Morgan fingerprint density at radius 3 is 2.55 bits per heavy atom. The van der Waals surface area contributed by atoms with Crippen molar-refractivity contribution in [1.82, 2.24) is 9.97 Å². The summed E-state index contributed by atoms with van der Waals surface area (Å²) >= 11 is 0. The van der Waals surface area contributed by atoms with Crippen LogP contribution >= 0.6 is 0 Å². The second kappa shape index (κ2) is 9.03. The minimum Gasteiger partial charge on any atom is -0.402 e. The number of alkyl halides is 3. The van der Waals surface area contributed by atoms with Crippen LogP contribution in [0.1, 0.15) is 31.5 Å². The predicted octanol–water partition coefficient (Wildman–Crippen LogP) is 3.78. The molecule has 11 heteroatoms. The molecule has 156 valence electrons. The lowest BCUT2D eigenvalue weighted by Crippen LogP contribution is -2.30. The topological polar surface area (TPSA) is 110 Å². The van der Waals surface area contributed by atoms with Gasteiger partial charge in [0.05, 0.1) is 5.69 Å². The predicted molar refractivity (Wildman–Crippen MR) is 106 cm³/mol. The molecule has 0 aliphatic heterocycles. The Bertz CT molecular complexity index is 1010. The normalized spacial score (nSPS) is 13.4. The van der Waals surface area contributed by atoms with Gasteiger partial charge in [-0.25, -0.2) is 4.98 Å². The number of hydrogen-bond acceptors (Lipinski definition) is 6. The van der Waals surface area contributed by atoms with Crippen LogP contribution < -0.4 is 10.5 Å². The van der Waals surface area contributed by atoms with Crippen molar-refractivity contribution in [2.75, 3.05) is 4.72 Å². The van der Waals surface area contributed by atoms with Crippen molar-refractivity contribution in [1.29, 1.82) is 0 Å². The monoisotopic (exact) mass is 427 g/mol. The molecule has 0 unspecified atom stereocenters. The van der Waals surface area contributed by atoms with Gasteiger partial charge in [-0.3, -0.25) is 14.7 Å². The average molecular weight is 427 g/mol. The van der Waals surface area contributed by atoms with Gasteiger partial charge in [0, 0.05) is 41.1 Å². The smallest absolute Gasteiger partial charge is 0.402 e. The van der Waals surface area contributed by atoms with E-state index < -0.39 is 21.3 Å². The minimum atomic E-state index is -5.54. The molecule has 0 aliphatic carbocycles. The number of sulfonamides is 1. The molecule has 0 fully saturated rings. The molecule has 2 aromatic heterocycles. The maximum atomic E-state index is 12.4. The highest BCUT2D eigenvalue weighted by atomic mass is 32.2. The molecule has 0 saturated carbocycles. The molecule has 3 N–H and O–H groups in total. The lowest BCUT2D eigenvalue weighted by Gasteiger charge is -2.10. The molecule has 29 heavy (non-hydrogen) atoms. The standard InChI is InChI=1S/C18H20F3N5O2S/c1-3-4-14-9-15(7-8-23-14)24-11-16(12(2)22)13-5-6-17(25-10-13)26-29(27,28)18(19,20)21/h5-11H,3-4,22H2,1-2H3,(H,25,26). The largest absolute Gasteiger partial charge is 0.516 e. The first-order valence-corrected chi connectivity index (χ1v) is 10.0. The minimum absolute atomic E-state index is 0.405. The molecule has 0 saturated heterocycles. The number of aryl methyl sites for hydroxylation is 1. The van der Waals surface area contributed by atoms with Gasteiger partial charge in [-0.1, -0.05) is 13.3 Å². The Labute approximate surface area is 166 Å². The molecule has 2 heterocycles. The van der Waals surface area contributed by atoms with Gasteiger partial charge in [0.25, 0.3) is 0 Å². The maximum absolute atomic E-state index is 12.4. The summed E-state index contributed by atoms with van der Waals surface area (Å²) in [4.78, 5) is 12.3. The fourth-order valence-electron chi connectivity index (χ4n) is 2.29. The molecular weight excluding hydrogens is 407 g/mol. The summed E-state index contributed by atoms with van der Waals surface area (Å²) in [5.74, 6) is -0.463. The fourth-order valence-corrected chi connectivity index (χ4v) is 2.80. The van der Waals surface area contributed by atoms with Crippen LogP contribution in [-0.4, -0.2) is 30.1 Å². The number of nitrogens with two attached hydrogens (primary N) is 1. The van der Waals surface area contributed by atoms with E-state index in [0.29, 0.717) is 22.5 Å². The van der Waals surface area contributed by atoms with Gasteiger partial charge in [0.1, 0.15) is 5.82 Å². The lowest BCUT2D eigenvalue weighted by molar-refractivity contribution is -0.0429. The molecule has 0 aliphatic rings. The molecule has 0 aromatic carbocycles. The molecule has 0 bridgehead atoms. The average Bonchev–Trinajstić information content (AvgIpc) is 2.62. The number of hydrogen-bond donors (Lipinski definition) is 2. The first kappa shape index (κ1) is 22.3. The van der Waals surface area contributed by atoms with Crippen LogP contribution in [0.25, 0.3) is 5.57 Å². The number of nitrogens with one attached hydrogen (secondary N) is 1. The quantitative estimate of drug-likeness (QED) is 0.654. The third-order valence-corrected chi connectivity index (χ3v) is 4.78. The zero-order valence-electron chi connectivity index (χ0n) is 15.7. The Hall–Kier alpha value is -2.95. The van der Waals surface area contributed by atoms with Crippen molar-refractivity contribution in [3.8, 4) is 0 Å². The van der Waals surface area contributed by atoms with Crippen LogP contribution in [0.5, 0.6) is 0 Å². The van der Waals surface area contributed by atoms with E-state index in [4.69, 9.17) is 5.73 Å². The number of anilines is 1. The maximum Gasteiger partial charge on any atom is 0.516 e. The van der Waals surface area contributed by atoms with Crippen molar-refractivity contribution in [3.63, 3.8) is 0 Å². The van der Waals surface area contributed by atoms with E-state index in [0.717, 1.165) is 24.6 Å². The zero-order chi connectivity index (χ0) is 21.7. The molecule has 7 nitrogen and oxygen atoms in total. The van der Waals surface area contributed by atoms with Crippen molar-refractivity contribution >= 4 is 33.3 Å². The van der Waals surface area contributed by atoms with Crippen LogP contribution in [0.4, 0.5) is 24.7 Å². The van der Waals surface area contributed by atoms with Gasteiger partial charge < -0.3 is 5.73 Å². The number of rotatable bonds is 7. The van der Waals surface area contributed by atoms with E-state index in [1.54, 1.807) is 19.2 Å². The van der Waals surface area contributed by atoms with E-state index >= 15 is 0 Å². The summed E-state index contributed by atoms with van der Waals surface area (Å²) in [6, 6.07) is 6.08. The first-order chi connectivity index (χ1) is 13.5. The summed E-state index contributed by atoms with van der Waals surface area (Å²) in [5.41, 5.74) is 3.40. The van der Waals surface area contributed by atoms with Crippen molar-refractivity contribution in [2.45, 2.75) is 32.2 Å². The lowest BCUT2D eigenvalue weighted by atomic mass is 10.1. The van der Waals surface area contributed by atoms with Gasteiger partial charge >= 0.3 is 15.5 Å². The number of allylic oxidation sites excluding steroid dienone is 2. The highest BCUT2D eigenvalue weighted by molar-refractivity contribution is 7.93. The molecule has 2 rings (SSSR count). The molecular formula is C18H20F3N5O2S. The summed E-state index contributed by atoms with van der Waals surface area (Å²) in [6.45, 7) is 3.68. The summed E-state index contributed by atoms with van der Waals surface area (Å²) in [6.07, 6.45) is 6.14. The Morgan fingerprint density at radius 2 is 2.00 bits per heavy atom. The van der Waals surface area contributed by atoms with Gasteiger partial charge in [0.2, 0.25) is 0 Å². The van der Waals surface area contributed by atoms with Crippen LogP contribution in [-0.2, 0) is 16.4 Å². The van der Waals surface area contributed by atoms with E-state index in [1.807, 2.05) is 13.0 Å². The van der Waals surface area contributed by atoms with Crippen LogP contribution in [0, 0.1) is 0 Å². The number of pyridine rings is 2. The molecule has 0 amide bonds. The highest BCUT2D eigenvalue weighted by Crippen LogP contribution is 2.25. The van der Waals surface area contributed by atoms with Crippen molar-refractivity contribution < 1.29 is 21.6 Å². The van der Waals surface area contributed by atoms with Crippen molar-refractivity contribution in [2.24, 2.45) is 10.7 Å². The third kappa shape index (κ3) is 6.01. The highest BCUT2D eigenvalue weighted by Gasteiger charge is 2.46. The second-order valence-electron chi connectivity index (χ2n) is 6.09. The first-order valence-electron chi connectivity index (χ1n) is 8.54. The zero-order valence-corrected chi connectivity index (χ0v) is 16.5. The van der Waals surface area contributed by atoms with E-state index in [2.05, 4.69) is 15.0 Å². The van der Waals surface area contributed by atoms with Crippen molar-refractivity contribution in [3.05, 3.63) is 53.6 Å². The summed E-state index contributed by atoms with van der Waals surface area (Å²) in [5, 5.41) is 0. The Balaban J connectivity index is 2.24. The Morgan fingerprint density at radius 1 is 1.28 bits per heavy atom.